The first kappa shape index (κ1) is 6.52. The standard InChI is InChI=1S/C7H10N4/c1-2-6-3-8-4-7-10-9-5-11(6)7/h3,5-6H,2,4H2,1H3. The molecular formula is C7H10N4. The summed E-state index contributed by atoms with van der Waals surface area (Å²) in [7, 11) is 0. The number of aliphatic imine (C=N–C) groups is 1. The van der Waals surface area contributed by atoms with Gasteiger partial charge in [-0.15, -0.1) is 10.2 Å². The second-order valence-corrected chi connectivity index (χ2v) is 2.62. The third-order valence-electron chi connectivity index (χ3n) is 1.93. The molecule has 4 heteroatoms. The highest BCUT2D eigenvalue weighted by Crippen LogP contribution is 2.14. The quantitative estimate of drug-likeness (QED) is 0.594. The molecule has 0 saturated carbocycles. The van der Waals surface area contributed by atoms with Gasteiger partial charge in [-0.25, -0.2) is 0 Å². The Kier molecular flexibility index (Phi) is 1.45. The molecule has 1 aromatic heterocycles. The minimum atomic E-state index is 0.369. The summed E-state index contributed by atoms with van der Waals surface area (Å²) in [4.78, 5) is 4.19. The highest BCUT2D eigenvalue weighted by Gasteiger charge is 2.14. The molecule has 1 aliphatic rings. The Hall–Kier alpha value is -1.19. The third kappa shape index (κ3) is 0.943. The average Bonchev–Trinajstić information content (AvgIpc) is 2.50. The molecule has 1 aromatic rings. The molecule has 0 N–H and O–H groups in total. The Morgan fingerprint density at radius 3 is 3.45 bits per heavy atom. The molecule has 2 heterocycles. The lowest BCUT2D eigenvalue weighted by Gasteiger charge is -2.16. The maximum Gasteiger partial charge on any atom is 0.155 e. The van der Waals surface area contributed by atoms with Crippen molar-refractivity contribution in [2.75, 3.05) is 0 Å². The molecule has 58 valence electrons. The first-order valence-electron chi connectivity index (χ1n) is 3.80. The van der Waals surface area contributed by atoms with Crippen LogP contribution in [0.15, 0.2) is 11.3 Å². The van der Waals surface area contributed by atoms with Crippen molar-refractivity contribution in [3.63, 3.8) is 0 Å². The smallest absolute Gasteiger partial charge is 0.155 e. The molecule has 4 nitrogen and oxygen atoms in total. The second-order valence-electron chi connectivity index (χ2n) is 2.62. The fourth-order valence-corrected chi connectivity index (χ4v) is 1.29. The van der Waals surface area contributed by atoms with Gasteiger partial charge in [-0.2, -0.15) is 0 Å². The van der Waals surface area contributed by atoms with Gasteiger partial charge in [0.15, 0.2) is 5.82 Å². The molecule has 2 rings (SSSR count). The van der Waals surface area contributed by atoms with Crippen molar-refractivity contribution in [1.29, 1.82) is 0 Å². The van der Waals surface area contributed by atoms with Gasteiger partial charge in [0.05, 0.1) is 12.6 Å². The molecule has 1 atom stereocenters. The van der Waals surface area contributed by atoms with Crippen LogP contribution in [0.2, 0.25) is 0 Å². The van der Waals surface area contributed by atoms with Crippen LogP contribution in [0.4, 0.5) is 0 Å². The van der Waals surface area contributed by atoms with Crippen molar-refractivity contribution < 1.29 is 0 Å². The zero-order chi connectivity index (χ0) is 7.68. The molecule has 0 radical (unpaired) electrons. The Labute approximate surface area is 65.0 Å². The van der Waals surface area contributed by atoms with E-state index in [1.807, 2.05) is 6.21 Å². The van der Waals surface area contributed by atoms with Crippen molar-refractivity contribution in [3.05, 3.63) is 12.2 Å². The zero-order valence-electron chi connectivity index (χ0n) is 6.44. The summed E-state index contributed by atoms with van der Waals surface area (Å²) >= 11 is 0. The summed E-state index contributed by atoms with van der Waals surface area (Å²) < 4.78 is 2.08. The SMILES string of the molecule is CCC1C=NCc2nncn21. The second kappa shape index (κ2) is 2.45. The van der Waals surface area contributed by atoms with Crippen molar-refractivity contribution >= 4 is 6.21 Å². The molecule has 0 saturated heterocycles. The first-order chi connectivity index (χ1) is 5.42. The van der Waals surface area contributed by atoms with Gasteiger partial charge in [0.1, 0.15) is 6.33 Å². The average molecular weight is 150 g/mol. The van der Waals surface area contributed by atoms with E-state index in [0.29, 0.717) is 12.6 Å². The van der Waals surface area contributed by atoms with Crippen molar-refractivity contribution in [1.82, 2.24) is 14.8 Å². The molecule has 1 aliphatic heterocycles. The van der Waals surface area contributed by atoms with Crippen molar-refractivity contribution in [2.24, 2.45) is 4.99 Å². The van der Waals surface area contributed by atoms with Gasteiger partial charge in [0.25, 0.3) is 0 Å². The number of hydrogen-bond donors (Lipinski definition) is 0. The zero-order valence-corrected chi connectivity index (χ0v) is 6.44. The fourth-order valence-electron chi connectivity index (χ4n) is 1.29. The lowest BCUT2D eigenvalue weighted by Crippen LogP contribution is -2.15. The van der Waals surface area contributed by atoms with Crippen LogP contribution in [-0.2, 0) is 6.54 Å². The van der Waals surface area contributed by atoms with E-state index in [-0.39, 0.29) is 0 Å². The lowest BCUT2D eigenvalue weighted by molar-refractivity contribution is 0.575. The van der Waals surface area contributed by atoms with Gasteiger partial charge in [-0.1, -0.05) is 6.92 Å². The summed E-state index contributed by atoms with van der Waals surface area (Å²) in [5, 5.41) is 7.79. The molecule has 0 bridgehead atoms. The fraction of sp³-hybridized carbons (Fsp3) is 0.571. The van der Waals surface area contributed by atoms with E-state index in [4.69, 9.17) is 0 Å². The number of rotatable bonds is 1. The van der Waals surface area contributed by atoms with Gasteiger partial charge < -0.3 is 4.57 Å². The van der Waals surface area contributed by atoms with Crippen LogP contribution >= 0.6 is 0 Å². The van der Waals surface area contributed by atoms with E-state index < -0.39 is 0 Å². The van der Waals surface area contributed by atoms with Crippen LogP contribution in [-0.4, -0.2) is 21.0 Å². The predicted octanol–water partition coefficient (Wildman–Crippen LogP) is 0.814. The summed E-state index contributed by atoms with van der Waals surface area (Å²) in [6.45, 7) is 2.81. The van der Waals surface area contributed by atoms with Gasteiger partial charge in [0.2, 0.25) is 0 Å². The van der Waals surface area contributed by atoms with E-state index in [1.54, 1.807) is 6.33 Å². The van der Waals surface area contributed by atoms with Gasteiger partial charge in [0, 0.05) is 6.21 Å². The van der Waals surface area contributed by atoms with Gasteiger partial charge >= 0.3 is 0 Å². The Morgan fingerprint density at radius 2 is 2.64 bits per heavy atom. The Bertz CT molecular complexity index is 276. The largest absolute Gasteiger partial charge is 0.307 e. The minimum Gasteiger partial charge on any atom is -0.307 e. The van der Waals surface area contributed by atoms with E-state index in [1.165, 1.54) is 0 Å². The van der Waals surface area contributed by atoms with E-state index in [0.717, 1.165) is 12.2 Å². The van der Waals surface area contributed by atoms with Crippen molar-refractivity contribution in [3.8, 4) is 0 Å². The molecular weight excluding hydrogens is 140 g/mol. The highest BCUT2D eigenvalue weighted by atomic mass is 15.3. The molecule has 0 spiro atoms. The van der Waals surface area contributed by atoms with Crippen LogP contribution in [0.1, 0.15) is 25.2 Å². The van der Waals surface area contributed by atoms with Gasteiger partial charge in [-0.05, 0) is 6.42 Å². The summed E-state index contributed by atoms with van der Waals surface area (Å²) in [5.74, 6) is 0.972. The van der Waals surface area contributed by atoms with Crippen LogP contribution in [0.5, 0.6) is 0 Å². The van der Waals surface area contributed by atoms with Crippen LogP contribution in [0, 0.1) is 0 Å². The van der Waals surface area contributed by atoms with Crippen LogP contribution in [0.25, 0.3) is 0 Å². The topological polar surface area (TPSA) is 43.1 Å². The predicted molar refractivity (Wildman–Crippen MR) is 41.5 cm³/mol. The third-order valence-corrected chi connectivity index (χ3v) is 1.93. The number of aromatic nitrogens is 3. The Balaban J connectivity index is 2.38. The summed E-state index contributed by atoms with van der Waals surface area (Å²) in [5.41, 5.74) is 0. The maximum absolute atomic E-state index is 4.19. The lowest BCUT2D eigenvalue weighted by atomic mass is 10.2. The molecule has 1 unspecified atom stereocenters. The first-order valence-corrected chi connectivity index (χ1v) is 3.80. The molecule has 0 fully saturated rings. The monoisotopic (exact) mass is 150 g/mol. The molecule has 11 heavy (non-hydrogen) atoms. The highest BCUT2D eigenvalue weighted by molar-refractivity contribution is 5.63. The van der Waals surface area contributed by atoms with Crippen LogP contribution < -0.4 is 0 Å². The van der Waals surface area contributed by atoms with E-state index in [2.05, 4.69) is 26.7 Å². The molecule has 0 aromatic carbocycles. The van der Waals surface area contributed by atoms with Crippen LogP contribution in [0.3, 0.4) is 0 Å². The summed E-state index contributed by atoms with van der Waals surface area (Å²) in [6, 6.07) is 0.369. The number of nitrogens with zero attached hydrogens (tertiary/aromatic N) is 4. The molecule has 0 aliphatic carbocycles. The maximum atomic E-state index is 4.19. The Morgan fingerprint density at radius 1 is 1.73 bits per heavy atom. The normalized spacial score (nSPS) is 21.7. The van der Waals surface area contributed by atoms with E-state index >= 15 is 0 Å². The van der Waals surface area contributed by atoms with Gasteiger partial charge in [-0.3, -0.25) is 4.99 Å². The van der Waals surface area contributed by atoms with E-state index in [9.17, 15) is 0 Å². The number of fused-ring (bicyclic) bond motifs is 1. The van der Waals surface area contributed by atoms with Crippen molar-refractivity contribution in [2.45, 2.75) is 25.9 Å². The number of hydrogen-bond acceptors (Lipinski definition) is 3. The minimum absolute atomic E-state index is 0.369. The summed E-state index contributed by atoms with van der Waals surface area (Å²) in [6.07, 6.45) is 4.79. The molecule has 0 amide bonds.